The molecule has 1 aromatic heterocycles. The minimum Gasteiger partial charge on any atom is -0.392 e. The summed E-state index contributed by atoms with van der Waals surface area (Å²) in [4.78, 5) is 0. The van der Waals surface area contributed by atoms with Gasteiger partial charge in [-0.25, -0.2) is 4.68 Å². The van der Waals surface area contributed by atoms with Crippen molar-refractivity contribution in [3.63, 3.8) is 0 Å². The molecule has 0 spiro atoms. The van der Waals surface area contributed by atoms with Crippen molar-refractivity contribution < 1.29 is 5.11 Å². The van der Waals surface area contributed by atoms with Gasteiger partial charge in [-0.1, -0.05) is 26.0 Å². The van der Waals surface area contributed by atoms with Gasteiger partial charge in [0.2, 0.25) is 0 Å². The normalized spacial score (nSPS) is 25.3. The van der Waals surface area contributed by atoms with Crippen molar-refractivity contribution in [3.8, 4) is 5.69 Å². The van der Waals surface area contributed by atoms with Crippen molar-refractivity contribution in [1.82, 2.24) is 25.5 Å². The van der Waals surface area contributed by atoms with E-state index in [0.717, 1.165) is 12.1 Å². The number of rotatable bonds is 4. The number of aromatic nitrogens is 4. The lowest BCUT2D eigenvalue weighted by Crippen LogP contribution is -2.60. The van der Waals surface area contributed by atoms with Crippen LogP contribution in [0.3, 0.4) is 0 Å². The first-order valence-corrected chi connectivity index (χ1v) is 7.26. The van der Waals surface area contributed by atoms with Crippen LogP contribution in [0.2, 0.25) is 0 Å². The smallest absolute Gasteiger partial charge is 0.143 e. The number of tetrazole rings is 1. The van der Waals surface area contributed by atoms with E-state index in [-0.39, 0.29) is 17.6 Å². The highest BCUT2D eigenvalue weighted by Gasteiger charge is 2.47. The van der Waals surface area contributed by atoms with E-state index in [1.807, 2.05) is 12.1 Å². The van der Waals surface area contributed by atoms with Gasteiger partial charge in [0.25, 0.3) is 0 Å². The molecule has 2 aromatic rings. The molecule has 1 saturated carbocycles. The molecular formula is C15H21N5O. The highest BCUT2D eigenvalue weighted by atomic mass is 16.3. The maximum atomic E-state index is 9.83. The van der Waals surface area contributed by atoms with Crippen molar-refractivity contribution in [2.45, 2.75) is 45.4 Å². The zero-order valence-electron chi connectivity index (χ0n) is 12.6. The molecule has 1 aliphatic carbocycles. The molecule has 0 aliphatic heterocycles. The van der Waals surface area contributed by atoms with Gasteiger partial charge in [-0.15, -0.1) is 5.10 Å². The first-order chi connectivity index (χ1) is 9.98. The fraction of sp³-hybridized carbons (Fsp3) is 0.533. The number of hydrogen-bond acceptors (Lipinski definition) is 5. The van der Waals surface area contributed by atoms with Crippen LogP contribution < -0.4 is 5.32 Å². The first-order valence-electron chi connectivity index (χ1n) is 7.26. The van der Waals surface area contributed by atoms with Gasteiger partial charge in [0.05, 0.1) is 11.8 Å². The molecular weight excluding hydrogens is 266 g/mol. The van der Waals surface area contributed by atoms with Crippen molar-refractivity contribution in [2.75, 3.05) is 0 Å². The van der Waals surface area contributed by atoms with E-state index >= 15 is 0 Å². The van der Waals surface area contributed by atoms with E-state index in [2.05, 4.69) is 53.7 Å². The molecule has 3 rings (SSSR count). The molecule has 0 radical (unpaired) electrons. The van der Waals surface area contributed by atoms with Gasteiger partial charge in [-0.05, 0) is 41.5 Å². The fourth-order valence-corrected chi connectivity index (χ4v) is 2.80. The van der Waals surface area contributed by atoms with Crippen LogP contribution >= 0.6 is 0 Å². The van der Waals surface area contributed by atoms with Crippen LogP contribution in [0.1, 0.15) is 38.8 Å². The minimum atomic E-state index is -0.213. The van der Waals surface area contributed by atoms with Crippen LogP contribution in [0.15, 0.2) is 30.6 Å². The minimum absolute atomic E-state index is 0.0678. The quantitative estimate of drug-likeness (QED) is 0.890. The molecule has 1 heterocycles. The number of aliphatic hydroxyl groups is 1. The zero-order chi connectivity index (χ0) is 15.0. The summed E-state index contributed by atoms with van der Waals surface area (Å²) in [5.41, 5.74) is 2.06. The molecule has 0 saturated heterocycles. The summed E-state index contributed by atoms with van der Waals surface area (Å²) >= 11 is 0. The Bertz CT molecular complexity index is 610. The predicted molar refractivity (Wildman–Crippen MR) is 78.9 cm³/mol. The zero-order valence-corrected chi connectivity index (χ0v) is 12.6. The number of hydrogen-bond donors (Lipinski definition) is 2. The van der Waals surface area contributed by atoms with Crippen LogP contribution in [0.25, 0.3) is 5.69 Å². The summed E-state index contributed by atoms with van der Waals surface area (Å²) in [6.07, 6.45) is 2.18. The average Bonchev–Trinajstić information content (AvgIpc) is 3.01. The third-order valence-corrected chi connectivity index (χ3v) is 4.65. The molecule has 6 nitrogen and oxygen atoms in total. The van der Waals surface area contributed by atoms with E-state index in [1.54, 1.807) is 11.0 Å². The van der Waals surface area contributed by atoms with Crippen molar-refractivity contribution in [2.24, 2.45) is 5.41 Å². The highest BCUT2D eigenvalue weighted by molar-refractivity contribution is 5.35. The molecule has 3 unspecified atom stereocenters. The SMILES string of the molecule is CC(NC1CC(O)C1(C)C)c1cccc(-n2cnnn2)c1. The number of benzene rings is 1. The van der Waals surface area contributed by atoms with Crippen LogP contribution in [-0.2, 0) is 0 Å². The van der Waals surface area contributed by atoms with Gasteiger partial charge in [-0.2, -0.15) is 0 Å². The van der Waals surface area contributed by atoms with Gasteiger partial charge in [-0.3, -0.25) is 0 Å². The van der Waals surface area contributed by atoms with Crippen LogP contribution in [-0.4, -0.2) is 37.5 Å². The van der Waals surface area contributed by atoms with Crippen LogP contribution in [0.5, 0.6) is 0 Å². The van der Waals surface area contributed by atoms with Gasteiger partial charge < -0.3 is 10.4 Å². The molecule has 3 atom stereocenters. The lowest BCUT2D eigenvalue weighted by atomic mass is 9.64. The second-order valence-electron chi connectivity index (χ2n) is 6.36. The predicted octanol–water partition coefficient (Wildman–Crippen LogP) is 1.47. The lowest BCUT2D eigenvalue weighted by Gasteiger charge is -2.50. The molecule has 21 heavy (non-hydrogen) atoms. The molecule has 0 bridgehead atoms. The van der Waals surface area contributed by atoms with Gasteiger partial charge >= 0.3 is 0 Å². The highest BCUT2D eigenvalue weighted by Crippen LogP contribution is 2.41. The Morgan fingerprint density at radius 1 is 1.43 bits per heavy atom. The topological polar surface area (TPSA) is 75.9 Å². The lowest BCUT2D eigenvalue weighted by molar-refractivity contribution is -0.0754. The van der Waals surface area contributed by atoms with E-state index in [9.17, 15) is 5.11 Å². The molecule has 2 N–H and O–H groups in total. The molecule has 1 aromatic carbocycles. The summed E-state index contributed by atoms with van der Waals surface area (Å²) in [6.45, 7) is 6.34. The van der Waals surface area contributed by atoms with E-state index in [0.29, 0.717) is 6.04 Å². The summed E-state index contributed by atoms with van der Waals surface area (Å²) in [6, 6.07) is 8.69. The van der Waals surface area contributed by atoms with Crippen LogP contribution in [0, 0.1) is 5.41 Å². The Kier molecular flexibility index (Phi) is 3.51. The molecule has 6 heteroatoms. The van der Waals surface area contributed by atoms with E-state index in [4.69, 9.17) is 0 Å². The summed E-state index contributed by atoms with van der Waals surface area (Å²) in [5.74, 6) is 0. The Hall–Kier alpha value is -1.79. The Balaban J connectivity index is 1.74. The van der Waals surface area contributed by atoms with E-state index in [1.165, 1.54) is 5.56 Å². The maximum Gasteiger partial charge on any atom is 0.143 e. The number of aliphatic hydroxyl groups excluding tert-OH is 1. The Labute approximate surface area is 124 Å². The number of nitrogens with one attached hydrogen (secondary N) is 1. The third kappa shape index (κ3) is 2.56. The van der Waals surface area contributed by atoms with Crippen LogP contribution in [0.4, 0.5) is 0 Å². The van der Waals surface area contributed by atoms with Gasteiger partial charge in [0.1, 0.15) is 6.33 Å². The molecule has 0 amide bonds. The average molecular weight is 287 g/mol. The standard InChI is InChI=1S/C15H21N5O/c1-10(17-13-8-14(21)15(13,2)3)11-5-4-6-12(7-11)20-9-16-18-19-20/h4-7,9-10,13-14,17,21H,8H2,1-3H3. The largest absolute Gasteiger partial charge is 0.392 e. The summed E-state index contributed by atoms with van der Waals surface area (Å²) in [7, 11) is 0. The first kappa shape index (κ1) is 14.2. The second-order valence-corrected chi connectivity index (χ2v) is 6.36. The number of nitrogens with zero attached hydrogens (tertiary/aromatic N) is 4. The van der Waals surface area contributed by atoms with Gasteiger partial charge in [0, 0.05) is 17.5 Å². The molecule has 1 fully saturated rings. The second kappa shape index (κ2) is 5.20. The Morgan fingerprint density at radius 2 is 2.24 bits per heavy atom. The fourth-order valence-electron chi connectivity index (χ4n) is 2.80. The van der Waals surface area contributed by atoms with Crippen molar-refractivity contribution in [3.05, 3.63) is 36.2 Å². The maximum absolute atomic E-state index is 9.83. The molecule has 112 valence electrons. The van der Waals surface area contributed by atoms with Crippen molar-refractivity contribution >= 4 is 0 Å². The van der Waals surface area contributed by atoms with Crippen molar-refractivity contribution in [1.29, 1.82) is 0 Å². The van der Waals surface area contributed by atoms with E-state index < -0.39 is 0 Å². The summed E-state index contributed by atoms with van der Waals surface area (Å²) < 4.78 is 1.65. The summed E-state index contributed by atoms with van der Waals surface area (Å²) in [5, 5.41) is 24.7. The molecule has 1 aliphatic rings. The third-order valence-electron chi connectivity index (χ3n) is 4.65. The van der Waals surface area contributed by atoms with Gasteiger partial charge in [0.15, 0.2) is 0 Å². The Morgan fingerprint density at radius 3 is 2.86 bits per heavy atom. The monoisotopic (exact) mass is 287 g/mol.